The molecule has 2 N–H and O–H groups in total. The summed E-state index contributed by atoms with van der Waals surface area (Å²) < 4.78 is 28.2. The molecule has 0 saturated carbocycles. The largest absolute Gasteiger partial charge is 0.435 e. The second kappa shape index (κ2) is 4.88. The zero-order valence-electron chi connectivity index (χ0n) is 7.67. The van der Waals surface area contributed by atoms with E-state index in [0.717, 1.165) is 0 Å². The molecule has 0 fully saturated rings. The predicted octanol–water partition coefficient (Wildman–Crippen LogP) is 1.99. The maximum Gasteiger partial charge on any atom is 0.387 e. The van der Waals surface area contributed by atoms with Crippen LogP contribution in [0.3, 0.4) is 0 Å². The fraction of sp³-hybridized carbons (Fsp3) is 0.333. The number of halogens is 2. The molecular weight excluding hydrogens is 192 g/mol. The lowest BCUT2D eigenvalue weighted by Gasteiger charge is -2.09. The van der Waals surface area contributed by atoms with Gasteiger partial charge in [0.2, 0.25) is 0 Å². The van der Waals surface area contributed by atoms with Gasteiger partial charge in [-0.1, -0.05) is 12.1 Å². The summed E-state index contributed by atoms with van der Waals surface area (Å²) in [7, 11) is 0. The van der Waals surface area contributed by atoms with Crippen LogP contribution in [0.25, 0.3) is 0 Å². The number of alkyl halides is 2. The van der Waals surface area contributed by atoms with Gasteiger partial charge in [0.05, 0.1) is 6.61 Å². The highest BCUT2D eigenvalue weighted by Gasteiger charge is 2.07. The summed E-state index contributed by atoms with van der Waals surface area (Å²) in [4.78, 5) is 4.38. The molecule has 0 aliphatic heterocycles. The molecule has 0 aliphatic rings. The number of aryl methyl sites for hydroxylation is 1. The van der Waals surface area contributed by atoms with Crippen molar-refractivity contribution in [2.45, 2.75) is 20.1 Å². The lowest BCUT2D eigenvalue weighted by molar-refractivity contribution is -0.0504. The van der Waals surface area contributed by atoms with E-state index in [0.29, 0.717) is 11.1 Å². The van der Waals surface area contributed by atoms with Crippen LogP contribution in [0.4, 0.5) is 8.78 Å². The Morgan fingerprint density at radius 1 is 1.43 bits per heavy atom. The lowest BCUT2D eigenvalue weighted by Crippen LogP contribution is -2.05. The summed E-state index contributed by atoms with van der Waals surface area (Å²) in [6, 6.07) is 4.89. The highest BCUT2D eigenvalue weighted by Crippen LogP contribution is 2.21. The molecule has 0 atom stereocenters. The average molecular weight is 203 g/mol. The molecule has 1 aromatic carbocycles. The number of hydrogen-bond donors (Lipinski definition) is 1. The molecule has 0 saturated heterocycles. The van der Waals surface area contributed by atoms with Gasteiger partial charge in [-0.2, -0.15) is 8.78 Å². The van der Waals surface area contributed by atoms with Crippen molar-refractivity contribution in [1.29, 1.82) is 0 Å². The number of hydrogen-bond acceptors (Lipinski definition) is 3. The molecule has 14 heavy (non-hydrogen) atoms. The molecule has 0 amide bonds. The lowest BCUT2D eigenvalue weighted by atomic mass is 10.1. The summed E-state index contributed by atoms with van der Waals surface area (Å²) >= 11 is 0. The van der Waals surface area contributed by atoms with Gasteiger partial charge in [-0.05, 0) is 24.1 Å². The van der Waals surface area contributed by atoms with Crippen LogP contribution in [-0.4, -0.2) is 6.61 Å². The maximum absolute atomic E-state index is 11.9. The van der Waals surface area contributed by atoms with E-state index in [1.807, 2.05) is 0 Å². The fourth-order valence-corrected chi connectivity index (χ4v) is 1.05. The Morgan fingerprint density at radius 2 is 2.14 bits per heavy atom. The molecule has 5 heteroatoms. The summed E-state index contributed by atoms with van der Waals surface area (Å²) in [5.41, 5.74) is 1.33. The van der Waals surface area contributed by atoms with Crippen LogP contribution < -0.4 is 10.6 Å². The van der Waals surface area contributed by atoms with Gasteiger partial charge in [-0.25, -0.2) is 5.90 Å². The Kier molecular flexibility index (Phi) is 3.79. The number of benzene rings is 1. The van der Waals surface area contributed by atoms with E-state index in [1.165, 1.54) is 6.07 Å². The van der Waals surface area contributed by atoms with E-state index in [9.17, 15) is 8.78 Å². The van der Waals surface area contributed by atoms with Crippen molar-refractivity contribution in [1.82, 2.24) is 0 Å². The zero-order valence-corrected chi connectivity index (χ0v) is 7.67. The number of ether oxygens (including phenoxy) is 1. The minimum Gasteiger partial charge on any atom is -0.435 e. The highest BCUT2D eigenvalue weighted by molar-refractivity contribution is 5.36. The molecule has 0 aliphatic carbocycles. The third kappa shape index (κ3) is 2.93. The van der Waals surface area contributed by atoms with Crippen molar-refractivity contribution in [2.75, 3.05) is 0 Å². The van der Waals surface area contributed by atoms with E-state index in [4.69, 9.17) is 5.90 Å². The zero-order chi connectivity index (χ0) is 10.6. The van der Waals surface area contributed by atoms with Crippen LogP contribution in [-0.2, 0) is 11.4 Å². The Morgan fingerprint density at radius 3 is 2.71 bits per heavy atom. The van der Waals surface area contributed by atoms with Crippen molar-refractivity contribution >= 4 is 0 Å². The topological polar surface area (TPSA) is 44.5 Å². The second-order valence-electron chi connectivity index (χ2n) is 2.79. The van der Waals surface area contributed by atoms with Crippen molar-refractivity contribution in [3.05, 3.63) is 29.3 Å². The maximum atomic E-state index is 11.9. The Balaban J connectivity index is 2.84. The first-order chi connectivity index (χ1) is 6.63. The number of nitrogens with two attached hydrogens (primary N) is 1. The highest BCUT2D eigenvalue weighted by atomic mass is 19.3. The summed E-state index contributed by atoms with van der Waals surface area (Å²) in [6.45, 7) is -0.965. The van der Waals surface area contributed by atoms with Crippen LogP contribution in [0.5, 0.6) is 5.75 Å². The van der Waals surface area contributed by atoms with E-state index >= 15 is 0 Å². The molecule has 0 unspecified atom stereocenters. The molecule has 1 aromatic rings. The fourth-order valence-electron chi connectivity index (χ4n) is 1.05. The summed E-state index contributed by atoms with van der Waals surface area (Å²) in [6.07, 6.45) is 0. The first kappa shape index (κ1) is 10.9. The quantitative estimate of drug-likeness (QED) is 0.761. The monoisotopic (exact) mass is 203 g/mol. The van der Waals surface area contributed by atoms with Gasteiger partial charge in [0, 0.05) is 0 Å². The van der Waals surface area contributed by atoms with Gasteiger partial charge in [0.15, 0.2) is 0 Å². The number of rotatable bonds is 4. The van der Waals surface area contributed by atoms with Crippen LogP contribution in [0.2, 0.25) is 0 Å². The molecule has 1 rings (SSSR count). The van der Waals surface area contributed by atoms with Gasteiger partial charge < -0.3 is 4.74 Å². The molecule has 3 nitrogen and oxygen atoms in total. The van der Waals surface area contributed by atoms with E-state index in [2.05, 4.69) is 9.57 Å². The smallest absolute Gasteiger partial charge is 0.387 e. The Hall–Kier alpha value is -1.20. The van der Waals surface area contributed by atoms with Crippen LogP contribution >= 0.6 is 0 Å². The molecule has 0 heterocycles. The first-order valence-corrected chi connectivity index (χ1v) is 3.99. The Bertz CT molecular complexity index is 305. The molecule has 0 spiro atoms. The van der Waals surface area contributed by atoms with Gasteiger partial charge >= 0.3 is 6.61 Å². The SMILES string of the molecule is Cc1ccc(CON)cc1OC(F)F. The predicted molar refractivity (Wildman–Crippen MR) is 46.8 cm³/mol. The van der Waals surface area contributed by atoms with Gasteiger partial charge in [-0.15, -0.1) is 0 Å². The summed E-state index contributed by atoms with van der Waals surface area (Å²) in [5, 5.41) is 0. The molecule has 78 valence electrons. The van der Waals surface area contributed by atoms with Gasteiger partial charge in [0.1, 0.15) is 5.75 Å². The van der Waals surface area contributed by atoms with Crippen molar-refractivity contribution in [3.8, 4) is 5.75 Å². The second-order valence-corrected chi connectivity index (χ2v) is 2.79. The Labute approximate surface area is 80.4 Å². The van der Waals surface area contributed by atoms with Crippen molar-refractivity contribution < 1.29 is 18.4 Å². The van der Waals surface area contributed by atoms with E-state index in [1.54, 1.807) is 19.1 Å². The molecule has 0 bridgehead atoms. The minimum atomic E-state index is -2.82. The first-order valence-electron chi connectivity index (χ1n) is 3.99. The van der Waals surface area contributed by atoms with E-state index < -0.39 is 6.61 Å². The molecule has 0 radical (unpaired) electrons. The molecular formula is C9H11F2NO2. The third-order valence-electron chi connectivity index (χ3n) is 1.72. The summed E-state index contributed by atoms with van der Waals surface area (Å²) in [5.74, 6) is 5.01. The standard InChI is InChI=1S/C9H11F2NO2/c1-6-2-3-7(5-13-12)4-8(6)14-9(10)11/h2-4,9H,5,12H2,1H3. The molecule has 0 aromatic heterocycles. The van der Waals surface area contributed by atoms with Gasteiger partial charge in [-0.3, -0.25) is 4.84 Å². The minimum absolute atomic E-state index is 0.148. The van der Waals surface area contributed by atoms with Crippen LogP contribution in [0.1, 0.15) is 11.1 Å². The van der Waals surface area contributed by atoms with Crippen molar-refractivity contribution in [3.63, 3.8) is 0 Å². The van der Waals surface area contributed by atoms with Crippen molar-refractivity contribution in [2.24, 2.45) is 5.90 Å². The average Bonchev–Trinajstić information content (AvgIpc) is 2.10. The third-order valence-corrected chi connectivity index (χ3v) is 1.72. The van der Waals surface area contributed by atoms with E-state index in [-0.39, 0.29) is 12.4 Å². The normalized spacial score (nSPS) is 10.6. The van der Waals surface area contributed by atoms with Crippen LogP contribution in [0, 0.1) is 6.92 Å². The van der Waals surface area contributed by atoms with Gasteiger partial charge in [0.25, 0.3) is 0 Å². The van der Waals surface area contributed by atoms with Crippen LogP contribution in [0.15, 0.2) is 18.2 Å².